The predicted molar refractivity (Wildman–Crippen MR) is 58.4 cm³/mol. The number of allylic oxidation sites excluding steroid dienone is 1. The Bertz CT molecular complexity index is 434. The van der Waals surface area contributed by atoms with E-state index in [9.17, 15) is 9.90 Å². The second kappa shape index (κ2) is 5.06. The number of aliphatic hydroxyl groups is 1. The summed E-state index contributed by atoms with van der Waals surface area (Å²) in [6, 6.07) is 3.27. The van der Waals surface area contributed by atoms with Crippen LogP contribution < -0.4 is 0 Å². The van der Waals surface area contributed by atoms with E-state index in [1.807, 2.05) is 0 Å². The fraction of sp³-hybridized carbons (Fsp3) is 0.182. The Morgan fingerprint density at radius 2 is 2.25 bits per heavy atom. The first-order valence-electron chi connectivity index (χ1n) is 4.55. The van der Waals surface area contributed by atoms with Gasteiger partial charge in [0, 0.05) is 18.0 Å². The summed E-state index contributed by atoms with van der Waals surface area (Å²) in [5.74, 6) is -0.991. The van der Waals surface area contributed by atoms with E-state index in [2.05, 4.69) is 9.72 Å². The highest BCUT2D eigenvalue weighted by Gasteiger charge is 2.20. The van der Waals surface area contributed by atoms with Gasteiger partial charge in [-0.15, -0.1) is 0 Å². The molecule has 0 amide bonds. The van der Waals surface area contributed by atoms with Crippen molar-refractivity contribution in [2.45, 2.75) is 6.92 Å². The molecule has 0 unspecified atom stereocenters. The molecule has 0 aromatic carbocycles. The number of carbonyl (C=O) groups is 1. The van der Waals surface area contributed by atoms with Gasteiger partial charge in [0.25, 0.3) is 0 Å². The number of aliphatic hydroxyl groups excluding tert-OH is 1. The van der Waals surface area contributed by atoms with E-state index in [0.29, 0.717) is 5.56 Å². The fourth-order valence-corrected chi connectivity index (χ4v) is 1.19. The summed E-state index contributed by atoms with van der Waals surface area (Å²) in [5, 5.41) is 17.2. The second-order valence-electron chi connectivity index (χ2n) is 3.07. The van der Waals surface area contributed by atoms with Crippen molar-refractivity contribution in [1.82, 2.24) is 4.98 Å². The van der Waals surface area contributed by atoms with Gasteiger partial charge in [0.05, 0.1) is 12.8 Å². The number of pyridine rings is 1. The van der Waals surface area contributed by atoms with E-state index in [4.69, 9.17) is 5.41 Å². The zero-order chi connectivity index (χ0) is 12.1. The van der Waals surface area contributed by atoms with Crippen LogP contribution in [0.4, 0.5) is 0 Å². The smallest absolute Gasteiger partial charge is 0.343 e. The molecule has 0 bridgehead atoms. The Morgan fingerprint density at radius 3 is 2.69 bits per heavy atom. The minimum absolute atomic E-state index is 0.111. The molecule has 5 heteroatoms. The van der Waals surface area contributed by atoms with Crippen LogP contribution in [0.5, 0.6) is 0 Å². The summed E-state index contributed by atoms with van der Waals surface area (Å²) in [4.78, 5) is 15.2. The van der Waals surface area contributed by atoms with Crippen LogP contribution in [0.1, 0.15) is 12.5 Å². The van der Waals surface area contributed by atoms with Gasteiger partial charge in [-0.25, -0.2) is 4.79 Å². The monoisotopic (exact) mass is 220 g/mol. The summed E-state index contributed by atoms with van der Waals surface area (Å²) in [6.45, 7) is 1.33. The third-order valence-corrected chi connectivity index (χ3v) is 1.95. The molecule has 0 radical (unpaired) electrons. The average molecular weight is 220 g/mol. The van der Waals surface area contributed by atoms with E-state index in [1.165, 1.54) is 20.2 Å². The van der Waals surface area contributed by atoms with E-state index in [0.717, 1.165) is 0 Å². The van der Waals surface area contributed by atoms with Crippen molar-refractivity contribution in [2.75, 3.05) is 7.11 Å². The number of hydrogen-bond acceptors (Lipinski definition) is 5. The quantitative estimate of drug-likeness (QED) is 0.349. The molecule has 0 aliphatic heterocycles. The Labute approximate surface area is 92.9 Å². The first-order valence-corrected chi connectivity index (χ1v) is 4.55. The highest BCUT2D eigenvalue weighted by atomic mass is 16.5. The van der Waals surface area contributed by atoms with E-state index in [-0.39, 0.29) is 17.0 Å². The number of nitrogens with zero attached hydrogens (tertiary/aromatic N) is 1. The molecule has 1 rings (SSSR count). The lowest BCUT2D eigenvalue weighted by Crippen LogP contribution is -2.17. The fourth-order valence-electron chi connectivity index (χ4n) is 1.19. The maximum absolute atomic E-state index is 11.4. The summed E-state index contributed by atoms with van der Waals surface area (Å²) < 4.78 is 4.50. The molecule has 1 aromatic heterocycles. The normalized spacial score (nSPS) is 11.6. The Hall–Kier alpha value is -2.17. The summed E-state index contributed by atoms with van der Waals surface area (Å²) in [6.07, 6.45) is 3.00. The van der Waals surface area contributed by atoms with Gasteiger partial charge in [-0.05, 0) is 19.1 Å². The van der Waals surface area contributed by atoms with Crippen LogP contribution in [-0.2, 0) is 9.53 Å². The molecule has 0 spiro atoms. The molecular formula is C11H12N2O3. The van der Waals surface area contributed by atoms with Gasteiger partial charge >= 0.3 is 5.97 Å². The van der Waals surface area contributed by atoms with Crippen LogP contribution in [0.25, 0.3) is 0 Å². The molecule has 0 aliphatic carbocycles. The number of carbonyl (C=O) groups excluding carboxylic acids is 1. The third kappa shape index (κ3) is 2.44. The number of hydrogen-bond donors (Lipinski definition) is 2. The number of methoxy groups -OCH3 is 1. The minimum atomic E-state index is -0.742. The van der Waals surface area contributed by atoms with Crippen LogP contribution in [-0.4, -0.2) is 28.9 Å². The van der Waals surface area contributed by atoms with Crippen molar-refractivity contribution in [2.24, 2.45) is 0 Å². The molecule has 0 atom stereocenters. The largest absolute Gasteiger partial charge is 0.512 e. The molecule has 2 N–H and O–H groups in total. The maximum Gasteiger partial charge on any atom is 0.343 e. The lowest BCUT2D eigenvalue weighted by Gasteiger charge is -2.07. The van der Waals surface area contributed by atoms with Crippen molar-refractivity contribution in [3.63, 3.8) is 0 Å². The van der Waals surface area contributed by atoms with E-state index < -0.39 is 5.97 Å². The lowest BCUT2D eigenvalue weighted by molar-refractivity contribution is -0.135. The van der Waals surface area contributed by atoms with Gasteiger partial charge in [-0.1, -0.05) is 0 Å². The molecule has 0 saturated heterocycles. The standard InChI is InChI=1S/C11H12N2O3/c1-7(14)9(11(15)16-2)10(12)8-4-3-5-13-6-8/h3-6,12,14H,1-2H3/b9-7+,12-10?. The van der Waals surface area contributed by atoms with Gasteiger partial charge in [0.2, 0.25) is 0 Å². The van der Waals surface area contributed by atoms with Crippen LogP contribution in [0.2, 0.25) is 0 Å². The number of nitrogens with one attached hydrogen (secondary N) is 1. The predicted octanol–water partition coefficient (Wildman–Crippen LogP) is 1.45. The molecule has 1 aromatic rings. The van der Waals surface area contributed by atoms with Gasteiger partial charge in [0.1, 0.15) is 11.3 Å². The topological polar surface area (TPSA) is 83.3 Å². The van der Waals surface area contributed by atoms with E-state index in [1.54, 1.807) is 18.3 Å². The molecule has 5 nitrogen and oxygen atoms in total. The van der Waals surface area contributed by atoms with Gasteiger partial charge < -0.3 is 9.84 Å². The number of rotatable bonds is 3. The van der Waals surface area contributed by atoms with Gasteiger partial charge in [-0.3, -0.25) is 10.4 Å². The molecule has 0 saturated carbocycles. The maximum atomic E-state index is 11.4. The van der Waals surface area contributed by atoms with Crippen LogP contribution in [0.15, 0.2) is 35.9 Å². The third-order valence-electron chi connectivity index (χ3n) is 1.95. The zero-order valence-corrected chi connectivity index (χ0v) is 9.02. The summed E-state index contributed by atoms with van der Waals surface area (Å²) >= 11 is 0. The van der Waals surface area contributed by atoms with Crippen LogP contribution in [0.3, 0.4) is 0 Å². The lowest BCUT2D eigenvalue weighted by atomic mass is 10.0. The molecule has 0 aliphatic rings. The summed E-state index contributed by atoms with van der Waals surface area (Å²) in [7, 11) is 1.20. The Morgan fingerprint density at radius 1 is 1.56 bits per heavy atom. The number of esters is 1. The van der Waals surface area contributed by atoms with Gasteiger partial charge in [-0.2, -0.15) is 0 Å². The van der Waals surface area contributed by atoms with Crippen molar-refractivity contribution in [3.05, 3.63) is 41.4 Å². The van der Waals surface area contributed by atoms with E-state index >= 15 is 0 Å². The molecule has 1 heterocycles. The van der Waals surface area contributed by atoms with Crippen molar-refractivity contribution in [1.29, 1.82) is 5.41 Å². The minimum Gasteiger partial charge on any atom is -0.512 e. The average Bonchev–Trinajstić information content (AvgIpc) is 2.29. The molecule has 84 valence electrons. The van der Waals surface area contributed by atoms with Crippen LogP contribution >= 0.6 is 0 Å². The first kappa shape index (κ1) is 11.9. The van der Waals surface area contributed by atoms with Gasteiger partial charge in [0.15, 0.2) is 0 Å². The summed E-state index contributed by atoms with van der Waals surface area (Å²) in [5.41, 5.74) is 0.173. The highest BCUT2D eigenvalue weighted by molar-refractivity contribution is 6.25. The second-order valence-corrected chi connectivity index (χ2v) is 3.07. The highest BCUT2D eigenvalue weighted by Crippen LogP contribution is 2.11. The Kier molecular flexibility index (Phi) is 3.77. The Balaban J connectivity index is 3.13. The molecule has 16 heavy (non-hydrogen) atoms. The van der Waals surface area contributed by atoms with Crippen molar-refractivity contribution < 1.29 is 14.6 Å². The number of ether oxygens (including phenoxy) is 1. The van der Waals surface area contributed by atoms with Crippen LogP contribution in [0, 0.1) is 5.41 Å². The SMILES string of the molecule is COC(=O)/C(C(=N)c1cccnc1)=C(\C)O. The van der Waals surface area contributed by atoms with Crippen molar-refractivity contribution >= 4 is 11.7 Å². The van der Waals surface area contributed by atoms with Crippen molar-refractivity contribution in [3.8, 4) is 0 Å². The molecule has 0 fully saturated rings. The first-order chi connectivity index (χ1) is 7.57. The molecular weight excluding hydrogens is 208 g/mol. The number of aromatic nitrogens is 1. The zero-order valence-electron chi connectivity index (χ0n) is 9.02.